The lowest BCUT2D eigenvalue weighted by Crippen LogP contribution is -2.55. The quantitative estimate of drug-likeness (QED) is 0.210. The van der Waals surface area contributed by atoms with Crippen molar-refractivity contribution in [3.63, 3.8) is 0 Å². The van der Waals surface area contributed by atoms with Gasteiger partial charge in [-0.2, -0.15) is 0 Å². The van der Waals surface area contributed by atoms with Gasteiger partial charge in [0.2, 0.25) is 11.9 Å². The molecule has 0 N–H and O–H groups in total. The molecule has 272 valence electrons. The first-order valence-electron chi connectivity index (χ1n) is 16.8. The number of carbonyl (C=O) groups is 1. The molecule has 4 atom stereocenters. The molecule has 3 aliphatic heterocycles. The summed E-state index contributed by atoms with van der Waals surface area (Å²) in [6.07, 6.45) is -0.606. The summed E-state index contributed by atoms with van der Waals surface area (Å²) in [5, 5.41) is 0. The summed E-state index contributed by atoms with van der Waals surface area (Å²) in [6.45, 7) is 1.37. The minimum absolute atomic E-state index is 0.119. The second-order valence-corrected chi connectivity index (χ2v) is 13.3. The Bertz CT molecular complexity index is 2080. The molecule has 3 heterocycles. The van der Waals surface area contributed by atoms with Gasteiger partial charge in [0, 0.05) is 43.0 Å². The molecule has 4 aromatic rings. The van der Waals surface area contributed by atoms with Crippen LogP contribution in [0.25, 0.3) is 11.1 Å². The summed E-state index contributed by atoms with van der Waals surface area (Å²) < 4.78 is 68.1. The van der Waals surface area contributed by atoms with Crippen molar-refractivity contribution in [2.24, 2.45) is 0 Å². The van der Waals surface area contributed by atoms with Crippen LogP contribution in [0, 0.1) is 0 Å². The van der Waals surface area contributed by atoms with Crippen LogP contribution in [0.15, 0.2) is 60.7 Å². The van der Waals surface area contributed by atoms with E-state index in [9.17, 15) is 4.79 Å². The number of hydrogen-bond acceptors (Lipinski definition) is 12. The molecule has 4 aromatic carbocycles. The highest BCUT2D eigenvalue weighted by molar-refractivity contribution is 5.78. The van der Waals surface area contributed by atoms with E-state index in [2.05, 4.69) is 0 Å². The molecule has 12 nitrogen and oxygen atoms in total. The Morgan fingerprint density at radius 3 is 1.90 bits per heavy atom. The second kappa shape index (κ2) is 12.4. The van der Waals surface area contributed by atoms with Gasteiger partial charge < -0.3 is 52.1 Å². The number of fused-ring (bicyclic) bond motifs is 5. The van der Waals surface area contributed by atoms with Gasteiger partial charge >= 0.3 is 5.97 Å². The number of carbonyl (C=O) groups excluding carboxylic acids is 1. The average molecular weight is 713 g/mol. The Morgan fingerprint density at radius 2 is 1.23 bits per heavy atom. The number of ether oxygens (including phenoxy) is 11. The maximum atomic E-state index is 13.2. The summed E-state index contributed by atoms with van der Waals surface area (Å²) in [7, 11) is 9.55. The Hall–Kier alpha value is -5.33. The van der Waals surface area contributed by atoms with Gasteiger partial charge in [0.15, 0.2) is 28.6 Å². The Morgan fingerprint density at radius 1 is 0.615 bits per heavy atom. The molecule has 0 amide bonds. The fourth-order valence-corrected chi connectivity index (χ4v) is 8.26. The van der Waals surface area contributed by atoms with Crippen LogP contribution in [0.1, 0.15) is 29.2 Å². The van der Waals surface area contributed by atoms with Gasteiger partial charge in [0.05, 0.1) is 42.7 Å². The molecule has 0 aromatic heterocycles. The number of esters is 1. The molecular formula is C40H40O12. The highest BCUT2D eigenvalue weighted by Gasteiger charge is 2.73. The SMILES string of the molecule is COc1ccc2c(c1)OC[C@@](OC(C)=O)([C@@H]1O[C@]34COc5cc(OC)ccc5[C@@]3(O1)c1cc(OC)c(OC)cc1C4)Cc1cc(OC)c(OC)cc1-2. The van der Waals surface area contributed by atoms with Crippen LogP contribution in [0.4, 0.5) is 0 Å². The largest absolute Gasteiger partial charge is 0.497 e. The van der Waals surface area contributed by atoms with Crippen LogP contribution in [0.2, 0.25) is 0 Å². The summed E-state index contributed by atoms with van der Waals surface area (Å²) in [5.74, 6) is 3.93. The van der Waals surface area contributed by atoms with Crippen molar-refractivity contribution in [3.8, 4) is 57.1 Å². The lowest BCUT2D eigenvalue weighted by atomic mass is 9.76. The summed E-state index contributed by atoms with van der Waals surface area (Å²) >= 11 is 0. The second-order valence-electron chi connectivity index (χ2n) is 13.3. The molecule has 0 saturated carbocycles. The molecule has 8 rings (SSSR count). The number of benzene rings is 4. The van der Waals surface area contributed by atoms with Crippen LogP contribution < -0.4 is 37.9 Å². The van der Waals surface area contributed by atoms with E-state index in [4.69, 9.17) is 52.1 Å². The molecule has 1 fully saturated rings. The molecule has 0 unspecified atom stereocenters. The van der Waals surface area contributed by atoms with Crippen molar-refractivity contribution in [3.05, 3.63) is 82.9 Å². The molecule has 4 aliphatic rings. The van der Waals surface area contributed by atoms with Crippen molar-refractivity contribution in [2.75, 3.05) is 55.9 Å². The first-order valence-corrected chi connectivity index (χ1v) is 16.8. The molecule has 0 radical (unpaired) electrons. The molecule has 12 heteroatoms. The van der Waals surface area contributed by atoms with Crippen molar-refractivity contribution < 1.29 is 56.9 Å². The third-order valence-corrected chi connectivity index (χ3v) is 10.6. The minimum Gasteiger partial charge on any atom is -0.497 e. The lowest BCUT2D eigenvalue weighted by molar-refractivity contribution is -0.234. The fraction of sp³-hybridized carbons (Fsp3) is 0.375. The first kappa shape index (κ1) is 33.8. The summed E-state index contributed by atoms with van der Waals surface area (Å²) in [5.41, 5.74) is 1.08. The van der Waals surface area contributed by atoms with Crippen LogP contribution in [-0.4, -0.2) is 79.3 Å². The van der Waals surface area contributed by atoms with Gasteiger partial charge in [-0.25, -0.2) is 0 Å². The Balaban J connectivity index is 1.34. The molecule has 1 aliphatic carbocycles. The van der Waals surface area contributed by atoms with Crippen molar-refractivity contribution in [2.45, 2.75) is 42.9 Å². The molecule has 1 saturated heterocycles. The predicted molar refractivity (Wildman–Crippen MR) is 186 cm³/mol. The van der Waals surface area contributed by atoms with Crippen LogP contribution in [0.3, 0.4) is 0 Å². The summed E-state index contributed by atoms with van der Waals surface area (Å²) in [4.78, 5) is 13.2. The van der Waals surface area contributed by atoms with Gasteiger partial charge in [-0.3, -0.25) is 4.79 Å². The Kier molecular flexibility index (Phi) is 8.07. The average Bonchev–Trinajstić information content (AvgIpc) is 3.65. The van der Waals surface area contributed by atoms with E-state index in [-0.39, 0.29) is 19.6 Å². The smallest absolute Gasteiger partial charge is 0.303 e. The highest BCUT2D eigenvalue weighted by atomic mass is 16.8. The molecular weight excluding hydrogens is 672 g/mol. The zero-order chi connectivity index (χ0) is 36.4. The van der Waals surface area contributed by atoms with Gasteiger partial charge in [0.1, 0.15) is 41.8 Å². The van der Waals surface area contributed by atoms with E-state index in [0.29, 0.717) is 52.4 Å². The van der Waals surface area contributed by atoms with Crippen molar-refractivity contribution >= 4 is 5.97 Å². The topological polar surface area (TPSA) is 119 Å². The maximum Gasteiger partial charge on any atom is 0.303 e. The fourth-order valence-electron chi connectivity index (χ4n) is 8.26. The number of rotatable bonds is 8. The van der Waals surface area contributed by atoms with Crippen LogP contribution >= 0.6 is 0 Å². The van der Waals surface area contributed by atoms with Gasteiger partial charge in [-0.15, -0.1) is 0 Å². The first-order chi connectivity index (χ1) is 25.2. The number of hydrogen-bond donors (Lipinski definition) is 0. The zero-order valence-electron chi connectivity index (χ0n) is 30.1. The standard InChI is InChI=1S/C40H40O12/c1-22(41)50-38(18-23-12-33(44-4)35(46-6)16-28(23)27-10-8-25(42-2)14-31(27)48-20-38)37-51-39-19-24-13-34(45-5)36(47-7)17-30(24)40(39,52-37)29-11-9-26(43-3)15-32(29)49-21-39/h8-17,37H,18-21H2,1-7H3/t37-,38-,39-,40-/m1/s1. The predicted octanol–water partition coefficient (Wildman–Crippen LogP) is 5.65. The van der Waals surface area contributed by atoms with E-state index >= 15 is 0 Å². The van der Waals surface area contributed by atoms with Crippen molar-refractivity contribution in [1.82, 2.24) is 0 Å². The van der Waals surface area contributed by atoms with Gasteiger partial charge in [-0.05, 0) is 70.8 Å². The molecule has 0 spiro atoms. The zero-order valence-corrected chi connectivity index (χ0v) is 30.1. The third kappa shape index (κ3) is 4.84. The van der Waals surface area contributed by atoms with E-state index in [0.717, 1.165) is 33.4 Å². The maximum absolute atomic E-state index is 13.2. The van der Waals surface area contributed by atoms with E-state index in [1.807, 2.05) is 54.6 Å². The van der Waals surface area contributed by atoms with Gasteiger partial charge in [0.25, 0.3) is 0 Å². The van der Waals surface area contributed by atoms with E-state index in [1.165, 1.54) is 6.92 Å². The van der Waals surface area contributed by atoms with Crippen molar-refractivity contribution in [1.29, 1.82) is 0 Å². The van der Waals surface area contributed by atoms with Gasteiger partial charge in [-0.1, -0.05) is 0 Å². The normalized spacial score (nSPS) is 24.8. The van der Waals surface area contributed by atoms with E-state index in [1.54, 1.807) is 48.7 Å². The lowest BCUT2D eigenvalue weighted by Gasteiger charge is -2.42. The molecule has 52 heavy (non-hydrogen) atoms. The Labute approximate surface area is 301 Å². The summed E-state index contributed by atoms with van der Waals surface area (Å²) in [6, 6.07) is 18.9. The minimum atomic E-state index is -1.51. The number of methoxy groups -OCH3 is 6. The van der Waals surface area contributed by atoms with Crippen LogP contribution in [0.5, 0.6) is 46.0 Å². The highest BCUT2D eigenvalue weighted by Crippen LogP contribution is 2.64. The monoisotopic (exact) mass is 712 g/mol. The van der Waals surface area contributed by atoms with E-state index < -0.39 is 29.1 Å². The van der Waals surface area contributed by atoms with Crippen LogP contribution in [-0.2, 0) is 37.4 Å². The third-order valence-electron chi connectivity index (χ3n) is 10.6. The molecule has 0 bridgehead atoms.